The van der Waals surface area contributed by atoms with E-state index in [0.717, 1.165) is 33.2 Å². The lowest BCUT2D eigenvalue weighted by molar-refractivity contribution is -0.140. The fourth-order valence-corrected chi connectivity index (χ4v) is 6.30. The van der Waals surface area contributed by atoms with E-state index < -0.39 is 13.0 Å². The van der Waals surface area contributed by atoms with Crippen LogP contribution in [0, 0.1) is 17.8 Å². The number of allylic oxidation sites excluding steroid dienone is 1. The summed E-state index contributed by atoms with van der Waals surface area (Å²) in [6.07, 6.45) is 4.40. The minimum atomic E-state index is -0.988. The third-order valence-electron chi connectivity index (χ3n) is 7.36. The number of rotatable bonds is 8. The summed E-state index contributed by atoms with van der Waals surface area (Å²) in [4.78, 5) is 27.8. The SMILES string of the molecule is CCCN1C(=O)[C@@H]2[C@@H](CC(COC)=C3[C@@H](CC/C(C)=C/c4cc(Br)ccc4O)OB(O)C[C@@H]32)C1=O. The summed E-state index contributed by atoms with van der Waals surface area (Å²) in [6, 6.07) is 5.30. The van der Waals surface area contributed by atoms with Crippen LogP contribution >= 0.6 is 15.9 Å². The topological polar surface area (TPSA) is 96.3 Å². The van der Waals surface area contributed by atoms with E-state index in [1.165, 1.54) is 4.90 Å². The summed E-state index contributed by atoms with van der Waals surface area (Å²) in [5.74, 6) is -1.07. The molecule has 1 aromatic carbocycles. The first-order chi connectivity index (χ1) is 16.7. The van der Waals surface area contributed by atoms with Gasteiger partial charge in [-0.3, -0.25) is 14.5 Å². The second kappa shape index (κ2) is 11.0. The first-order valence-corrected chi connectivity index (χ1v) is 13.1. The Bertz CT molecular complexity index is 1060. The van der Waals surface area contributed by atoms with Gasteiger partial charge in [-0.25, -0.2) is 0 Å². The maximum absolute atomic E-state index is 13.3. The van der Waals surface area contributed by atoms with Crippen LogP contribution in [0.1, 0.15) is 45.1 Å². The Balaban J connectivity index is 1.60. The Labute approximate surface area is 215 Å². The summed E-state index contributed by atoms with van der Waals surface area (Å²) < 4.78 is 12.4. The van der Waals surface area contributed by atoms with Crippen LogP contribution < -0.4 is 0 Å². The van der Waals surface area contributed by atoms with Gasteiger partial charge in [0, 0.05) is 23.7 Å². The highest BCUT2D eigenvalue weighted by atomic mass is 79.9. The highest BCUT2D eigenvalue weighted by molar-refractivity contribution is 9.10. The first kappa shape index (κ1) is 26.1. The van der Waals surface area contributed by atoms with Crippen LogP contribution in [-0.2, 0) is 19.0 Å². The number of imide groups is 1. The lowest BCUT2D eigenvalue weighted by Crippen LogP contribution is -2.46. The van der Waals surface area contributed by atoms with E-state index in [-0.39, 0.29) is 35.5 Å². The molecule has 3 aliphatic rings. The Hall–Kier alpha value is -1.94. The molecule has 35 heavy (non-hydrogen) atoms. The number of nitrogens with zero attached hydrogens (tertiary/aromatic N) is 1. The molecule has 2 fully saturated rings. The summed E-state index contributed by atoms with van der Waals surface area (Å²) in [5, 5.41) is 20.8. The zero-order chi connectivity index (χ0) is 25.3. The molecule has 0 spiro atoms. The highest BCUT2D eigenvalue weighted by Crippen LogP contribution is 2.50. The molecule has 2 saturated heterocycles. The van der Waals surface area contributed by atoms with Gasteiger partial charge in [-0.1, -0.05) is 34.5 Å². The molecular weight excluding hydrogens is 513 g/mol. The number of carbonyl (C=O) groups excluding carboxylic acids is 2. The average Bonchev–Trinajstić information content (AvgIpc) is 3.05. The Morgan fingerprint density at radius 3 is 2.80 bits per heavy atom. The highest BCUT2D eigenvalue weighted by Gasteiger charge is 2.57. The number of hydrogen-bond acceptors (Lipinski definition) is 6. The number of hydrogen-bond donors (Lipinski definition) is 2. The van der Waals surface area contributed by atoms with E-state index in [1.807, 2.05) is 26.0 Å². The van der Waals surface area contributed by atoms with Crippen molar-refractivity contribution >= 4 is 40.9 Å². The van der Waals surface area contributed by atoms with Crippen molar-refractivity contribution in [1.29, 1.82) is 0 Å². The number of carbonyl (C=O) groups is 2. The Morgan fingerprint density at radius 2 is 2.09 bits per heavy atom. The maximum Gasteiger partial charge on any atom is 0.455 e. The van der Waals surface area contributed by atoms with Crippen molar-refractivity contribution in [1.82, 2.24) is 4.90 Å². The molecule has 0 saturated carbocycles. The lowest BCUT2D eigenvalue weighted by Gasteiger charge is -2.43. The monoisotopic (exact) mass is 545 g/mol. The van der Waals surface area contributed by atoms with E-state index in [0.29, 0.717) is 38.7 Å². The first-order valence-electron chi connectivity index (χ1n) is 12.3. The molecule has 0 aromatic heterocycles. The molecule has 1 aromatic rings. The molecule has 2 amide bonds. The van der Waals surface area contributed by atoms with Crippen LogP contribution in [0.5, 0.6) is 5.75 Å². The molecule has 0 bridgehead atoms. The number of methoxy groups -OCH3 is 1. The van der Waals surface area contributed by atoms with Gasteiger partial charge >= 0.3 is 7.12 Å². The Kier molecular flexibility index (Phi) is 8.21. The predicted octanol–water partition coefficient (Wildman–Crippen LogP) is 4.19. The van der Waals surface area contributed by atoms with Crippen LogP contribution in [0.25, 0.3) is 6.08 Å². The second-order valence-corrected chi connectivity index (χ2v) is 10.7. The minimum Gasteiger partial charge on any atom is -0.507 e. The van der Waals surface area contributed by atoms with Crippen molar-refractivity contribution in [3.05, 3.63) is 45.0 Å². The third-order valence-corrected chi connectivity index (χ3v) is 7.85. The van der Waals surface area contributed by atoms with Gasteiger partial charge in [-0.2, -0.15) is 0 Å². The molecule has 2 heterocycles. The van der Waals surface area contributed by atoms with Crippen molar-refractivity contribution in [2.45, 2.75) is 52.0 Å². The molecule has 188 valence electrons. The number of phenolic OH excluding ortho intramolecular Hbond substituents is 1. The number of ether oxygens (including phenoxy) is 1. The number of aromatic hydroxyl groups is 1. The zero-order valence-electron chi connectivity index (χ0n) is 20.5. The molecule has 2 aliphatic heterocycles. The smallest absolute Gasteiger partial charge is 0.455 e. The molecule has 1 aliphatic carbocycles. The van der Waals surface area contributed by atoms with Gasteiger partial charge in [-0.05, 0) is 74.2 Å². The molecule has 0 radical (unpaired) electrons. The number of fused-ring (bicyclic) bond motifs is 3. The van der Waals surface area contributed by atoms with Crippen LogP contribution in [0.15, 0.2) is 39.4 Å². The second-order valence-electron chi connectivity index (χ2n) is 9.81. The number of likely N-dealkylation sites (tertiary alicyclic amines) is 1. The van der Waals surface area contributed by atoms with E-state index in [9.17, 15) is 19.7 Å². The molecular formula is C26H33BBrNO6. The van der Waals surface area contributed by atoms with Gasteiger partial charge in [0.25, 0.3) is 0 Å². The standard InChI is InChI=1S/C26H33BBrNO6/c1-4-9-29-25(31)19-12-17(14-34-3)23-20(24(19)26(29)32)13-27(33)35-22(23)8-5-15(2)10-16-11-18(28)6-7-21(16)30/h6-7,10-11,19-20,22,24,30,33H,4-5,8-9,12-14H2,1-3H3/b15-10+/t19-,20+,22-,24-/m1/s1. The van der Waals surface area contributed by atoms with E-state index in [1.54, 1.807) is 19.2 Å². The summed E-state index contributed by atoms with van der Waals surface area (Å²) >= 11 is 3.44. The van der Waals surface area contributed by atoms with Crippen LogP contribution in [-0.4, -0.2) is 60.3 Å². The summed E-state index contributed by atoms with van der Waals surface area (Å²) in [5.41, 5.74) is 3.82. The Morgan fingerprint density at radius 1 is 1.31 bits per heavy atom. The third kappa shape index (κ3) is 5.28. The van der Waals surface area contributed by atoms with Gasteiger partial charge in [0.15, 0.2) is 0 Å². The van der Waals surface area contributed by atoms with Crippen molar-refractivity contribution in [3.63, 3.8) is 0 Å². The largest absolute Gasteiger partial charge is 0.507 e. The average molecular weight is 546 g/mol. The normalized spacial score (nSPS) is 26.9. The van der Waals surface area contributed by atoms with Crippen molar-refractivity contribution in [2.24, 2.45) is 17.8 Å². The van der Waals surface area contributed by atoms with Gasteiger partial charge in [0.05, 0.1) is 24.5 Å². The van der Waals surface area contributed by atoms with E-state index in [2.05, 4.69) is 15.9 Å². The molecule has 2 N–H and O–H groups in total. The molecule has 0 unspecified atom stereocenters. The van der Waals surface area contributed by atoms with Gasteiger partial charge in [0.1, 0.15) is 5.75 Å². The quantitative estimate of drug-likeness (QED) is 0.289. The fraction of sp³-hybridized carbons (Fsp3) is 0.538. The molecule has 7 nitrogen and oxygen atoms in total. The predicted molar refractivity (Wildman–Crippen MR) is 137 cm³/mol. The number of amides is 2. The molecule has 4 rings (SSSR count). The lowest BCUT2D eigenvalue weighted by atomic mass is 9.58. The summed E-state index contributed by atoms with van der Waals surface area (Å²) in [7, 11) is 0.641. The van der Waals surface area contributed by atoms with Crippen LogP contribution in [0.3, 0.4) is 0 Å². The summed E-state index contributed by atoms with van der Waals surface area (Å²) in [6.45, 7) is 4.77. The number of benzene rings is 1. The van der Waals surface area contributed by atoms with Crippen LogP contribution in [0.2, 0.25) is 6.32 Å². The number of halogens is 1. The van der Waals surface area contributed by atoms with Crippen molar-refractivity contribution < 1.29 is 29.1 Å². The van der Waals surface area contributed by atoms with E-state index in [4.69, 9.17) is 9.39 Å². The van der Waals surface area contributed by atoms with Crippen LogP contribution in [0.4, 0.5) is 0 Å². The van der Waals surface area contributed by atoms with Gasteiger partial charge < -0.3 is 19.5 Å². The maximum atomic E-state index is 13.3. The zero-order valence-corrected chi connectivity index (χ0v) is 22.1. The van der Waals surface area contributed by atoms with Gasteiger partial charge in [-0.15, -0.1) is 0 Å². The molecule has 4 atom stereocenters. The van der Waals surface area contributed by atoms with Gasteiger partial charge in [0.2, 0.25) is 11.8 Å². The van der Waals surface area contributed by atoms with Crippen molar-refractivity contribution in [2.75, 3.05) is 20.3 Å². The van der Waals surface area contributed by atoms with E-state index >= 15 is 0 Å². The van der Waals surface area contributed by atoms with Crippen molar-refractivity contribution in [3.8, 4) is 5.75 Å². The molecule has 9 heteroatoms. The number of phenols is 1. The minimum absolute atomic E-state index is 0.0976. The fourth-order valence-electron chi connectivity index (χ4n) is 5.92.